The van der Waals surface area contributed by atoms with E-state index in [0.717, 1.165) is 10.0 Å². The maximum Gasteiger partial charge on any atom is 0.411 e. The van der Waals surface area contributed by atoms with Crippen LogP contribution in [0.5, 0.6) is 0 Å². The van der Waals surface area contributed by atoms with Crippen molar-refractivity contribution >= 4 is 28.0 Å². The Kier molecular flexibility index (Phi) is 5.04. The third-order valence-electron chi connectivity index (χ3n) is 3.94. The molecular weight excluding hydrogens is 362 g/mol. The fourth-order valence-corrected chi connectivity index (χ4v) is 3.33. The molecule has 126 valence electrons. The van der Waals surface area contributed by atoms with Crippen molar-refractivity contribution in [1.29, 1.82) is 0 Å². The third-order valence-corrected chi connectivity index (χ3v) is 4.72. The molecule has 2 rings (SSSR count). The molecule has 0 spiro atoms. The summed E-state index contributed by atoms with van der Waals surface area (Å²) in [5.74, 6) is -0.989. The van der Waals surface area contributed by atoms with E-state index in [0.29, 0.717) is 19.4 Å². The first kappa shape index (κ1) is 17.8. The highest BCUT2D eigenvalue weighted by atomic mass is 79.9. The molecule has 1 aliphatic rings. The van der Waals surface area contributed by atoms with E-state index in [1.165, 1.54) is 4.90 Å². The Labute approximate surface area is 144 Å². The number of hydrogen-bond donors (Lipinski definition) is 1. The molecule has 1 aromatic carbocycles. The van der Waals surface area contributed by atoms with E-state index in [4.69, 9.17) is 4.74 Å². The molecule has 5 nitrogen and oxygen atoms in total. The van der Waals surface area contributed by atoms with Crippen molar-refractivity contribution in [3.8, 4) is 0 Å². The molecule has 1 fully saturated rings. The monoisotopic (exact) mass is 383 g/mol. The smallest absolute Gasteiger partial charge is 0.411 e. The molecule has 1 atom stereocenters. The van der Waals surface area contributed by atoms with E-state index < -0.39 is 23.2 Å². The Morgan fingerprint density at radius 3 is 2.57 bits per heavy atom. The van der Waals surface area contributed by atoms with E-state index >= 15 is 0 Å². The molecule has 0 aliphatic carbocycles. The third kappa shape index (κ3) is 3.86. The maximum atomic E-state index is 12.5. The summed E-state index contributed by atoms with van der Waals surface area (Å²) >= 11 is 3.46. The number of benzene rings is 1. The number of amides is 1. The van der Waals surface area contributed by atoms with Crippen molar-refractivity contribution in [2.24, 2.45) is 0 Å². The second-order valence-electron chi connectivity index (χ2n) is 6.84. The van der Waals surface area contributed by atoms with E-state index in [9.17, 15) is 14.7 Å². The molecular formula is C17H22BrNO4. The zero-order valence-electron chi connectivity index (χ0n) is 13.6. The van der Waals surface area contributed by atoms with Crippen molar-refractivity contribution < 1.29 is 19.4 Å². The maximum absolute atomic E-state index is 12.5. The van der Waals surface area contributed by atoms with Gasteiger partial charge in [-0.25, -0.2) is 9.59 Å². The van der Waals surface area contributed by atoms with Crippen LogP contribution in [-0.2, 0) is 16.0 Å². The van der Waals surface area contributed by atoms with Crippen molar-refractivity contribution in [2.45, 2.75) is 51.2 Å². The van der Waals surface area contributed by atoms with Gasteiger partial charge in [0.05, 0.1) is 0 Å². The molecule has 6 heteroatoms. The lowest BCUT2D eigenvalue weighted by molar-refractivity contribution is -0.149. The molecule has 0 aromatic heterocycles. The average Bonchev–Trinajstić information content (AvgIpc) is 2.84. The Morgan fingerprint density at radius 2 is 2.00 bits per heavy atom. The zero-order valence-corrected chi connectivity index (χ0v) is 15.2. The summed E-state index contributed by atoms with van der Waals surface area (Å²) in [4.78, 5) is 25.9. The van der Waals surface area contributed by atoms with Crippen LogP contribution in [0.25, 0.3) is 0 Å². The van der Waals surface area contributed by atoms with Crippen LogP contribution >= 0.6 is 15.9 Å². The van der Waals surface area contributed by atoms with Crippen LogP contribution in [-0.4, -0.2) is 39.8 Å². The first-order valence-corrected chi connectivity index (χ1v) is 8.42. The largest absolute Gasteiger partial charge is 0.479 e. The number of ether oxygens (including phenoxy) is 1. The van der Waals surface area contributed by atoms with E-state index in [1.54, 1.807) is 20.8 Å². The van der Waals surface area contributed by atoms with Gasteiger partial charge < -0.3 is 9.84 Å². The molecule has 1 aliphatic heterocycles. The quantitative estimate of drug-likeness (QED) is 0.860. The van der Waals surface area contributed by atoms with E-state index in [-0.39, 0.29) is 6.42 Å². The van der Waals surface area contributed by atoms with Crippen molar-refractivity contribution in [2.75, 3.05) is 6.54 Å². The Bertz CT molecular complexity index is 611. The minimum Gasteiger partial charge on any atom is -0.479 e. The number of aliphatic carboxylic acids is 1. The van der Waals surface area contributed by atoms with Crippen LogP contribution in [0.2, 0.25) is 0 Å². The number of carbonyl (C=O) groups is 2. The van der Waals surface area contributed by atoms with Crippen LogP contribution in [0.3, 0.4) is 0 Å². The van der Waals surface area contributed by atoms with Crippen LogP contribution in [0.4, 0.5) is 4.79 Å². The van der Waals surface area contributed by atoms with Gasteiger partial charge in [-0.3, -0.25) is 4.90 Å². The number of likely N-dealkylation sites (tertiary alicyclic amines) is 1. The van der Waals surface area contributed by atoms with Crippen LogP contribution < -0.4 is 0 Å². The summed E-state index contributed by atoms with van der Waals surface area (Å²) in [5.41, 5.74) is -1.05. The van der Waals surface area contributed by atoms with Gasteiger partial charge in [-0.2, -0.15) is 0 Å². The molecule has 1 aromatic rings. The molecule has 0 radical (unpaired) electrons. The van der Waals surface area contributed by atoms with Crippen molar-refractivity contribution in [3.05, 3.63) is 34.3 Å². The molecule has 1 saturated heterocycles. The van der Waals surface area contributed by atoms with Gasteiger partial charge in [0.15, 0.2) is 0 Å². The Hall–Kier alpha value is -1.56. The molecule has 0 bridgehead atoms. The second kappa shape index (κ2) is 6.51. The van der Waals surface area contributed by atoms with Crippen LogP contribution in [0, 0.1) is 0 Å². The number of nitrogens with zero attached hydrogens (tertiary/aromatic N) is 1. The fourth-order valence-electron chi connectivity index (χ4n) is 2.90. The van der Waals surface area contributed by atoms with Gasteiger partial charge in [0.1, 0.15) is 11.1 Å². The minimum absolute atomic E-state index is 0.253. The molecule has 1 N–H and O–H groups in total. The molecule has 1 amide bonds. The van der Waals surface area contributed by atoms with Crippen LogP contribution in [0.15, 0.2) is 28.7 Å². The average molecular weight is 384 g/mol. The summed E-state index contributed by atoms with van der Waals surface area (Å²) < 4.78 is 6.25. The van der Waals surface area contributed by atoms with Gasteiger partial charge in [0, 0.05) is 17.4 Å². The van der Waals surface area contributed by atoms with Gasteiger partial charge in [-0.15, -0.1) is 0 Å². The molecule has 0 unspecified atom stereocenters. The standard InChI is InChI=1S/C17H22BrNO4/c1-16(2,3)23-15(22)19-10-6-9-17(19,14(20)21)11-12-7-4-5-8-13(12)18/h4-5,7-8H,6,9-11H2,1-3H3,(H,20,21)/t17-/m0/s1. The number of carboxylic acid groups (broad SMARTS) is 1. The number of carboxylic acids is 1. The first-order valence-electron chi connectivity index (χ1n) is 7.63. The summed E-state index contributed by atoms with van der Waals surface area (Å²) in [6.07, 6.45) is 0.756. The van der Waals surface area contributed by atoms with E-state index in [2.05, 4.69) is 15.9 Å². The Morgan fingerprint density at radius 1 is 1.35 bits per heavy atom. The number of carbonyl (C=O) groups excluding carboxylic acids is 1. The topological polar surface area (TPSA) is 66.8 Å². The minimum atomic E-state index is -1.26. The van der Waals surface area contributed by atoms with Gasteiger partial charge in [0.25, 0.3) is 0 Å². The van der Waals surface area contributed by atoms with Gasteiger partial charge >= 0.3 is 12.1 Å². The highest BCUT2D eigenvalue weighted by molar-refractivity contribution is 9.10. The van der Waals surface area contributed by atoms with Gasteiger partial charge in [-0.1, -0.05) is 34.1 Å². The predicted octanol–water partition coefficient (Wildman–Crippen LogP) is 3.85. The normalized spacial score (nSPS) is 21.3. The van der Waals surface area contributed by atoms with E-state index in [1.807, 2.05) is 24.3 Å². The molecule has 1 heterocycles. The first-order chi connectivity index (χ1) is 10.7. The lowest BCUT2D eigenvalue weighted by atomic mass is 9.88. The van der Waals surface area contributed by atoms with Crippen molar-refractivity contribution in [1.82, 2.24) is 4.90 Å². The van der Waals surface area contributed by atoms with Gasteiger partial charge in [-0.05, 0) is 45.2 Å². The summed E-state index contributed by atoms with van der Waals surface area (Å²) in [7, 11) is 0. The van der Waals surface area contributed by atoms with Crippen molar-refractivity contribution in [3.63, 3.8) is 0 Å². The van der Waals surface area contributed by atoms with Gasteiger partial charge in [0.2, 0.25) is 0 Å². The number of rotatable bonds is 3. The SMILES string of the molecule is CC(C)(C)OC(=O)N1CCC[C@]1(Cc1ccccc1Br)C(=O)O. The Balaban J connectivity index is 2.33. The lowest BCUT2D eigenvalue weighted by Gasteiger charge is -2.36. The summed E-state index contributed by atoms with van der Waals surface area (Å²) in [6, 6.07) is 7.49. The number of hydrogen-bond acceptors (Lipinski definition) is 3. The zero-order chi connectivity index (χ0) is 17.3. The number of halogens is 1. The van der Waals surface area contributed by atoms with Crippen LogP contribution in [0.1, 0.15) is 39.2 Å². The second-order valence-corrected chi connectivity index (χ2v) is 7.69. The summed E-state index contributed by atoms with van der Waals surface area (Å²) in [5, 5.41) is 9.87. The highest BCUT2D eigenvalue weighted by Crippen LogP contribution is 2.36. The molecule has 0 saturated carbocycles. The lowest BCUT2D eigenvalue weighted by Crippen LogP contribution is -2.55. The summed E-state index contributed by atoms with van der Waals surface area (Å²) in [6.45, 7) is 5.72. The molecule has 23 heavy (non-hydrogen) atoms. The fraction of sp³-hybridized carbons (Fsp3) is 0.529. The predicted molar refractivity (Wildman–Crippen MR) is 90.4 cm³/mol. The highest BCUT2D eigenvalue weighted by Gasteiger charge is 2.51.